The van der Waals surface area contributed by atoms with E-state index < -0.39 is 17.5 Å². The molecule has 0 aliphatic heterocycles. The van der Waals surface area contributed by atoms with Gasteiger partial charge in [-0.2, -0.15) is 13.2 Å². The van der Waals surface area contributed by atoms with E-state index in [-0.39, 0.29) is 19.4 Å². The van der Waals surface area contributed by atoms with E-state index in [2.05, 4.69) is 5.32 Å². The van der Waals surface area contributed by atoms with Crippen LogP contribution in [0.15, 0.2) is 30.3 Å². The molecule has 1 amide bonds. The summed E-state index contributed by atoms with van der Waals surface area (Å²) in [6, 6.07) is 7.17. The van der Waals surface area contributed by atoms with Gasteiger partial charge in [0, 0.05) is 18.5 Å². The molecule has 0 saturated heterocycles. The molecule has 1 aliphatic carbocycles. The van der Waals surface area contributed by atoms with Crippen LogP contribution in [0.5, 0.6) is 0 Å². The van der Waals surface area contributed by atoms with Crippen LogP contribution < -0.4 is 11.1 Å². The molecule has 2 rings (SSSR count). The van der Waals surface area contributed by atoms with Gasteiger partial charge in [-0.3, -0.25) is 4.79 Å². The van der Waals surface area contributed by atoms with Crippen molar-refractivity contribution in [2.24, 2.45) is 11.1 Å². The van der Waals surface area contributed by atoms with Crippen molar-refractivity contribution >= 4 is 17.8 Å². The third-order valence-electron chi connectivity index (χ3n) is 4.68. The minimum atomic E-state index is -4.51. The Morgan fingerprint density at radius 1 is 1.24 bits per heavy atom. The number of hydrogen-bond donors (Lipinski definition) is 3. The van der Waals surface area contributed by atoms with Crippen molar-refractivity contribution in [1.29, 1.82) is 5.41 Å². The Morgan fingerprint density at radius 2 is 1.84 bits per heavy atom. The molecule has 0 heterocycles. The maximum atomic E-state index is 13.3. The fraction of sp³-hybridized carbons (Fsp3) is 0.444. The van der Waals surface area contributed by atoms with E-state index in [1.54, 1.807) is 24.3 Å². The normalized spacial score (nSPS) is 17.3. The van der Waals surface area contributed by atoms with Gasteiger partial charge in [-0.05, 0) is 36.5 Å². The summed E-state index contributed by atoms with van der Waals surface area (Å²) in [4.78, 5) is 12.1. The second kappa shape index (κ2) is 7.72. The van der Waals surface area contributed by atoms with E-state index in [1.807, 2.05) is 0 Å². The molecule has 1 aliphatic rings. The van der Waals surface area contributed by atoms with Gasteiger partial charge in [0.15, 0.2) is 0 Å². The van der Waals surface area contributed by atoms with Crippen LogP contribution in [0, 0.1) is 10.8 Å². The lowest BCUT2D eigenvalue weighted by Crippen LogP contribution is -2.49. The number of allylic oxidation sites excluding steroid dienone is 1. The van der Waals surface area contributed by atoms with E-state index in [9.17, 15) is 18.0 Å². The zero-order valence-electron chi connectivity index (χ0n) is 13.8. The van der Waals surface area contributed by atoms with Gasteiger partial charge in [0.2, 0.25) is 5.91 Å². The number of rotatable bonds is 6. The van der Waals surface area contributed by atoms with Crippen molar-refractivity contribution < 1.29 is 18.0 Å². The lowest BCUT2D eigenvalue weighted by Gasteiger charge is -2.30. The first-order chi connectivity index (χ1) is 11.8. The zero-order chi connectivity index (χ0) is 18.5. The number of carbonyl (C=O) groups excluding carboxylic acids is 1. The molecule has 136 valence electrons. The minimum Gasteiger partial charge on any atom is -0.398 e. The first-order valence-corrected chi connectivity index (χ1v) is 8.21. The highest BCUT2D eigenvalue weighted by Gasteiger charge is 2.60. The van der Waals surface area contributed by atoms with Crippen molar-refractivity contribution in [3.63, 3.8) is 0 Å². The highest BCUT2D eigenvalue weighted by molar-refractivity contribution is 5.84. The molecule has 1 aromatic rings. The smallest absolute Gasteiger partial charge is 0.398 e. The van der Waals surface area contributed by atoms with Gasteiger partial charge in [0.1, 0.15) is 5.41 Å². The summed E-state index contributed by atoms with van der Waals surface area (Å²) in [6.07, 6.45) is -0.905. The number of alkyl halides is 3. The van der Waals surface area contributed by atoms with Gasteiger partial charge in [0.05, 0.1) is 0 Å². The van der Waals surface area contributed by atoms with Crippen LogP contribution in [-0.2, 0) is 11.2 Å². The van der Waals surface area contributed by atoms with Gasteiger partial charge in [-0.25, -0.2) is 0 Å². The molecule has 7 heteroatoms. The molecule has 25 heavy (non-hydrogen) atoms. The molecule has 1 fully saturated rings. The summed E-state index contributed by atoms with van der Waals surface area (Å²) < 4.78 is 39.9. The molecule has 4 nitrogen and oxygen atoms in total. The Morgan fingerprint density at radius 3 is 2.36 bits per heavy atom. The van der Waals surface area contributed by atoms with Crippen LogP contribution in [-0.4, -0.2) is 24.8 Å². The van der Waals surface area contributed by atoms with Crippen molar-refractivity contribution in [3.05, 3.63) is 41.5 Å². The molecule has 0 radical (unpaired) electrons. The van der Waals surface area contributed by atoms with E-state index in [0.717, 1.165) is 17.3 Å². The standard InChI is InChI=1S/C18H22F3N3O/c19-18(20,21)17(9-1-2-10-17)16(25)24-12-8-13-3-5-14(6-4-13)15(23)7-11-22/h3-7,11,22H,1-2,8-10,12,23H2,(H,24,25)/b15-7-,22-11?. The molecule has 0 unspecified atom stereocenters. The monoisotopic (exact) mass is 353 g/mol. The molecule has 1 saturated carbocycles. The van der Waals surface area contributed by atoms with Crippen molar-refractivity contribution in [1.82, 2.24) is 5.32 Å². The number of benzene rings is 1. The van der Waals surface area contributed by atoms with E-state index in [1.165, 1.54) is 6.08 Å². The topological polar surface area (TPSA) is 79.0 Å². The Labute approximate surface area is 144 Å². The molecule has 0 aromatic heterocycles. The van der Waals surface area contributed by atoms with Crippen LogP contribution >= 0.6 is 0 Å². The van der Waals surface area contributed by atoms with E-state index in [0.29, 0.717) is 25.0 Å². The molecule has 1 aromatic carbocycles. The van der Waals surface area contributed by atoms with Crippen LogP contribution in [0.2, 0.25) is 0 Å². The largest absolute Gasteiger partial charge is 0.403 e. The summed E-state index contributed by atoms with van der Waals surface area (Å²) in [6.45, 7) is 0.155. The summed E-state index contributed by atoms with van der Waals surface area (Å²) in [7, 11) is 0. The minimum absolute atomic E-state index is 0.129. The van der Waals surface area contributed by atoms with E-state index >= 15 is 0 Å². The molecule has 0 bridgehead atoms. The van der Waals surface area contributed by atoms with Gasteiger partial charge in [0.25, 0.3) is 0 Å². The maximum Gasteiger partial charge on any atom is 0.403 e. The van der Waals surface area contributed by atoms with E-state index in [4.69, 9.17) is 11.1 Å². The third-order valence-corrected chi connectivity index (χ3v) is 4.68. The molecular weight excluding hydrogens is 331 g/mol. The first kappa shape index (κ1) is 19.0. The van der Waals surface area contributed by atoms with Crippen LogP contribution in [0.25, 0.3) is 5.70 Å². The van der Waals surface area contributed by atoms with Crippen molar-refractivity contribution in [2.45, 2.75) is 38.3 Å². The van der Waals surface area contributed by atoms with Crippen molar-refractivity contribution in [2.75, 3.05) is 6.54 Å². The second-order valence-electron chi connectivity index (χ2n) is 6.28. The predicted octanol–water partition coefficient (Wildman–Crippen LogP) is 3.42. The van der Waals surface area contributed by atoms with Gasteiger partial charge < -0.3 is 16.5 Å². The van der Waals surface area contributed by atoms with Gasteiger partial charge in [-0.15, -0.1) is 0 Å². The summed E-state index contributed by atoms with van der Waals surface area (Å²) in [5, 5.41) is 9.44. The first-order valence-electron chi connectivity index (χ1n) is 8.21. The fourth-order valence-corrected chi connectivity index (χ4v) is 3.16. The Kier molecular flexibility index (Phi) is 5.87. The number of nitrogens with two attached hydrogens (primary N) is 1. The average Bonchev–Trinajstić information content (AvgIpc) is 3.06. The summed E-state index contributed by atoms with van der Waals surface area (Å²) >= 11 is 0. The number of nitrogens with one attached hydrogen (secondary N) is 2. The van der Waals surface area contributed by atoms with Gasteiger partial charge >= 0.3 is 6.18 Å². The summed E-state index contributed by atoms with van der Waals surface area (Å²) in [5.74, 6) is -0.910. The van der Waals surface area contributed by atoms with Crippen LogP contribution in [0.3, 0.4) is 0 Å². The Bertz CT molecular complexity index is 645. The SMILES string of the molecule is N=C/C=C(\N)c1ccc(CCNC(=O)C2(C(F)(F)F)CCCC2)cc1. The van der Waals surface area contributed by atoms with Crippen LogP contribution in [0.4, 0.5) is 13.2 Å². The average molecular weight is 353 g/mol. The molecular formula is C18H22F3N3O. The number of halogens is 3. The quantitative estimate of drug-likeness (QED) is 0.685. The maximum absolute atomic E-state index is 13.3. The second-order valence-corrected chi connectivity index (χ2v) is 6.28. The lowest BCUT2D eigenvalue weighted by atomic mass is 9.84. The lowest BCUT2D eigenvalue weighted by molar-refractivity contribution is -0.220. The Balaban J connectivity index is 1.93. The summed E-state index contributed by atoms with van der Waals surface area (Å²) in [5.41, 5.74) is 5.66. The number of carbonyl (C=O) groups is 1. The van der Waals surface area contributed by atoms with Crippen molar-refractivity contribution in [3.8, 4) is 0 Å². The van der Waals surface area contributed by atoms with Gasteiger partial charge in [-0.1, -0.05) is 37.1 Å². The highest BCUT2D eigenvalue weighted by atomic mass is 19.4. The van der Waals surface area contributed by atoms with Crippen LogP contribution in [0.1, 0.15) is 36.8 Å². The number of hydrogen-bond acceptors (Lipinski definition) is 3. The molecule has 0 atom stereocenters. The predicted molar refractivity (Wildman–Crippen MR) is 91.1 cm³/mol. The highest BCUT2D eigenvalue weighted by Crippen LogP contribution is 2.50. The molecule has 4 N–H and O–H groups in total. The fourth-order valence-electron chi connectivity index (χ4n) is 3.16. The molecule has 0 spiro atoms. The third kappa shape index (κ3) is 4.21. The number of amides is 1. The Hall–Kier alpha value is -2.31. The zero-order valence-corrected chi connectivity index (χ0v) is 13.8.